The van der Waals surface area contributed by atoms with Gasteiger partial charge in [-0.05, 0) is 47.0 Å². The van der Waals surface area contributed by atoms with Crippen LogP contribution in [0.4, 0.5) is 11.4 Å². The highest BCUT2D eigenvalue weighted by molar-refractivity contribution is 6.05. The summed E-state index contributed by atoms with van der Waals surface area (Å²) >= 11 is 0. The molecule has 0 atom stereocenters. The van der Waals surface area contributed by atoms with E-state index in [9.17, 15) is 0 Å². The van der Waals surface area contributed by atoms with Crippen LogP contribution < -0.4 is 10.7 Å². The monoisotopic (exact) mass is 636 g/mol. The van der Waals surface area contributed by atoms with E-state index in [2.05, 4.69) is 158 Å². The minimum absolute atomic E-state index is 0.669. The third-order valence-corrected chi connectivity index (χ3v) is 9.64. The van der Waals surface area contributed by atoms with Crippen molar-refractivity contribution in [1.29, 1.82) is 0 Å². The average Bonchev–Trinajstić information content (AvgIpc) is 3.77. The second-order valence-corrected chi connectivity index (χ2v) is 12.6. The van der Waals surface area contributed by atoms with E-state index in [4.69, 9.17) is 20.0 Å². The minimum atomic E-state index is 0.669. The van der Waals surface area contributed by atoms with Gasteiger partial charge in [-0.25, -0.2) is 20.0 Å². The Morgan fingerprint density at radius 3 is 1.64 bits per heavy atom. The fourth-order valence-electron chi connectivity index (χ4n) is 7.36. The summed E-state index contributed by atoms with van der Waals surface area (Å²) in [6.45, 7) is 0. The molecule has 0 N–H and O–H groups in total. The van der Waals surface area contributed by atoms with Crippen molar-refractivity contribution in [2.45, 2.75) is 0 Å². The van der Waals surface area contributed by atoms with Gasteiger partial charge in [-0.1, -0.05) is 140 Å². The summed E-state index contributed by atoms with van der Waals surface area (Å²) in [4.78, 5) is 20.9. The summed E-state index contributed by atoms with van der Waals surface area (Å²) in [7, 11) is 0. The molecule has 2 aliphatic rings. The molecule has 0 unspecified atom stereocenters. The van der Waals surface area contributed by atoms with Crippen LogP contribution in [0.1, 0.15) is 0 Å². The summed E-state index contributed by atoms with van der Waals surface area (Å²) in [6, 6.07) is 58.9. The summed E-state index contributed by atoms with van der Waals surface area (Å²) in [5.41, 5.74) is 13.3. The van der Waals surface area contributed by atoms with Gasteiger partial charge in [-0.15, -0.1) is 0 Å². The van der Waals surface area contributed by atoms with Crippen LogP contribution in [0.2, 0.25) is 0 Å². The Morgan fingerprint density at radius 2 is 0.940 bits per heavy atom. The van der Waals surface area contributed by atoms with E-state index in [1.54, 1.807) is 0 Å². The van der Waals surface area contributed by atoms with Crippen LogP contribution in [0.15, 0.2) is 180 Å². The first-order valence-corrected chi connectivity index (χ1v) is 16.8. The Morgan fingerprint density at radius 1 is 0.340 bits per heavy atom. The van der Waals surface area contributed by atoms with Gasteiger partial charge < -0.3 is 0 Å². The smallest absolute Gasteiger partial charge is 0.161 e. The standard InChI is InChI=1S/C46H28N4/c1-4-14-29(15-5-1)32-24-26-38-43(44-39(47-38)27-25-35-33-20-12-13-23-37(33)48-45(35)44)42(32)34-21-10-11-22-36(34)46-49-40(30-16-6-2-7-17-30)28-41(50-46)31-18-8-3-9-19-31/h1-28H. The number of hydrogen-bond donors (Lipinski definition) is 0. The molecule has 232 valence electrons. The van der Waals surface area contributed by atoms with Gasteiger partial charge in [0.1, 0.15) is 0 Å². The van der Waals surface area contributed by atoms with Crippen LogP contribution in [0.5, 0.6) is 0 Å². The third-order valence-electron chi connectivity index (χ3n) is 9.64. The zero-order valence-corrected chi connectivity index (χ0v) is 27.0. The first-order chi connectivity index (χ1) is 24.8. The predicted molar refractivity (Wildman–Crippen MR) is 200 cm³/mol. The molecule has 10 rings (SSSR count). The molecule has 0 aliphatic carbocycles. The zero-order valence-electron chi connectivity index (χ0n) is 27.0. The molecule has 50 heavy (non-hydrogen) atoms. The van der Waals surface area contributed by atoms with Gasteiger partial charge >= 0.3 is 0 Å². The van der Waals surface area contributed by atoms with E-state index in [0.717, 1.165) is 94.0 Å². The second kappa shape index (κ2) is 11.4. The number of para-hydroxylation sites is 1. The third kappa shape index (κ3) is 4.54. The van der Waals surface area contributed by atoms with Crippen LogP contribution in [-0.4, -0.2) is 9.97 Å². The van der Waals surface area contributed by atoms with Gasteiger partial charge in [0.15, 0.2) is 5.82 Å². The molecule has 4 nitrogen and oxygen atoms in total. The second-order valence-electron chi connectivity index (χ2n) is 12.6. The van der Waals surface area contributed by atoms with Crippen molar-refractivity contribution in [3.05, 3.63) is 191 Å². The molecule has 1 aromatic heterocycles. The van der Waals surface area contributed by atoms with Gasteiger partial charge in [0.25, 0.3) is 0 Å². The summed E-state index contributed by atoms with van der Waals surface area (Å²) in [5, 5.41) is 4.22. The van der Waals surface area contributed by atoms with Crippen LogP contribution in [0, 0.1) is 10.4 Å². The van der Waals surface area contributed by atoms with E-state index in [-0.39, 0.29) is 0 Å². The predicted octanol–water partition coefficient (Wildman–Crippen LogP) is 10.3. The molecule has 2 aliphatic heterocycles. The normalized spacial score (nSPS) is 11.9. The lowest BCUT2D eigenvalue weighted by atomic mass is 9.84. The number of aromatic nitrogens is 2. The first-order valence-electron chi connectivity index (χ1n) is 16.8. The molecule has 7 aromatic carbocycles. The van der Waals surface area contributed by atoms with E-state index >= 15 is 0 Å². The number of hydrogen-bond acceptors (Lipinski definition) is 4. The van der Waals surface area contributed by atoms with Crippen molar-refractivity contribution < 1.29 is 0 Å². The van der Waals surface area contributed by atoms with Crippen molar-refractivity contribution in [3.63, 3.8) is 0 Å². The van der Waals surface area contributed by atoms with E-state index in [1.165, 1.54) is 0 Å². The van der Waals surface area contributed by atoms with Gasteiger partial charge in [-0.2, -0.15) is 0 Å². The molecule has 0 spiro atoms. The average molecular weight is 637 g/mol. The van der Waals surface area contributed by atoms with Crippen molar-refractivity contribution in [2.75, 3.05) is 0 Å². The number of benzene rings is 7. The summed E-state index contributed by atoms with van der Waals surface area (Å²) < 4.78 is 0. The first kappa shape index (κ1) is 28.3. The van der Waals surface area contributed by atoms with Crippen molar-refractivity contribution in [2.24, 2.45) is 9.98 Å². The minimum Gasteiger partial charge on any atom is -0.248 e. The molecular formula is C46H28N4. The molecule has 0 saturated carbocycles. The Kier molecular flexibility index (Phi) is 6.46. The zero-order chi connectivity index (χ0) is 33.0. The van der Waals surface area contributed by atoms with Crippen molar-refractivity contribution in [3.8, 4) is 67.3 Å². The van der Waals surface area contributed by atoms with E-state index in [0.29, 0.717) is 5.82 Å². The number of nitrogens with zero attached hydrogens (tertiary/aromatic N) is 4. The Bertz CT molecular complexity index is 2790. The molecule has 8 aromatic rings. The molecule has 0 fully saturated rings. The Hall–Kier alpha value is -6.78. The van der Waals surface area contributed by atoms with Crippen LogP contribution >= 0.6 is 0 Å². The summed E-state index contributed by atoms with van der Waals surface area (Å²) in [5.74, 6) is 0.669. The quantitative estimate of drug-likeness (QED) is 0.189. The largest absolute Gasteiger partial charge is 0.248 e. The lowest BCUT2D eigenvalue weighted by Gasteiger charge is -2.19. The van der Waals surface area contributed by atoms with Gasteiger partial charge in [0.05, 0.1) is 33.5 Å². The van der Waals surface area contributed by atoms with Crippen molar-refractivity contribution in [1.82, 2.24) is 9.97 Å². The molecule has 3 heterocycles. The highest BCUT2D eigenvalue weighted by Crippen LogP contribution is 2.51. The number of rotatable bonds is 5. The van der Waals surface area contributed by atoms with Crippen LogP contribution in [-0.2, 0) is 0 Å². The Balaban J connectivity index is 1.28. The molecule has 0 radical (unpaired) electrons. The molecule has 4 heteroatoms. The van der Waals surface area contributed by atoms with Gasteiger partial charge in [0, 0.05) is 43.8 Å². The highest BCUT2D eigenvalue weighted by atomic mass is 14.9. The van der Waals surface area contributed by atoms with Crippen LogP contribution in [0.3, 0.4) is 0 Å². The van der Waals surface area contributed by atoms with Crippen molar-refractivity contribution >= 4 is 11.4 Å². The lowest BCUT2D eigenvalue weighted by molar-refractivity contribution is 1.18. The Labute approximate surface area is 288 Å². The van der Waals surface area contributed by atoms with Gasteiger partial charge in [0.2, 0.25) is 0 Å². The lowest BCUT2D eigenvalue weighted by Crippen LogP contribution is -2.02. The fraction of sp³-hybridized carbons (Fsp3) is 0. The van der Waals surface area contributed by atoms with Crippen LogP contribution in [0.25, 0.3) is 67.3 Å². The summed E-state index contributed by atoms with van der Waals surface area (Å²) in [6.07, 6.45) is 0. The highest BCUT2D eigenvalue weighted by Gasteiger charge is 2.28. The molecular weight excluding hydrogens is 609 g/mol. The topological polar surface area (TPSA) is 50.5 Å². The molecule has 0 saturated heterocycles. The molecule has 0 bridgehead atoms. The van der Waals surface area contributed by atoms with E-state index in [1.807, 2.05) is 12.1 Å². The van der Waals surface area contributed by atoms with E-state index < -0.39 is 0 Å². The fourth-order valence-corrected chi connectivity index (χ4v) is 7.36. The maximum atomic E-state index is 5.26. The van der Waals surface area contributed by atoms with Gasteiger partial charge in [-0.3, -0.25) is 0 Å². The number of fused-ring (bicyclic) bond motifs is 6. The maximum absolute atomic E-state index is 5.26. The molecule has 0 amide bonds. The SMILES string of the molecule is c1ccc(-c2cc(-c3ccccc3)nc(-c3ccccc3-c3c(-c4ccccc4)ccc4c3-c3c5c(ccc3=N4)=c3ccccc3=N5)n2)cc1. The maximum Gasteiger partial charge on any atom is 0.161 e.